The molecule has 0 fully saturated rings. The van der Waals surface area contributed by atoms with Crippen LogP contribution >= 0.6 is 0 Å². The van der Waals surface area contributed by atoms with Crippen LogP contribution in [0, 0.1) is 0 Å². The number of rotatable bonds is 5. The highest BCUT2D eigenvalue weighted by Gasteiger charge is 2.17. The Balaban J connectivity index is 2.06. The normalized spacial score (nSPS) is 10.9. The van der Waals surface area contributed by atoms with E-state index in [4.69, 9.17) is 9.72 Å². The fourth-order valence-electron chi connectivity index (χ4n) is 2.85. The molecule has 25 heavy (non-hydrogen) atoms. The van der Waals surface area contributed by atoms with Crippen molar-refractivity contribution in [2.75, 3.05) is 14.1 Å². The molecule has 3 aromatic rings. The molecule has 0 saturated carbocycles. The Labute approximate surface area is 147 Å². The molecule has 0 N–H and O–H groups in total. The summed E-state index contributed by atoms with van der Waals surface area (Å²) in [5.41, 5.74) is 3.39. The van der Waals surface area contributed by atoms with Crippen LogP contribution < -0.4 is 4.74 Å². The minimum atomic E-state index is -0.0503. The van der Waals surface area contributed by atoms with Crippen LogP contribution in [0.4, 0.5) is 0 Å². The summed E-state index contributed by atoms with van der Waals surface area (Å²) in [4.78, 5) is 18.7. The van der Waals surface area contributed by atoms with Gasteiger partial charge in [-0.1, -0.05) is 37.3 Å². The number of fused-ring (bicyclic) bond motifs is 1. The molecule has 3 rings (SSSR count). The Morgan fingerprint density at radius 1 is 1.20 bits per heavy atom. The maximum atomic E-state index is 12.4. The lowest BCUT2D eigenvalue weighted by Gasteiger charge is -2.13. The van der Waals surface area contributed by atoms with Crippen molar-refractivity contribution in [1.29, 1.82) is 0 Å². The van der Waals surface area contributed by atoms with Gasteiger partial charge >= 0.3 is 0 Å². The van der Waals surface area contributed by atoms with Gasteiger partial charge in [0.1, 0.15) is 23.7 Å². The van der Waals surface area contributed by atoms with Gasteiger partial charge in [-0.3, -0.25) is 4.79 Å². The molecule has 0 aliphatic heterocycles. The summed E-state index contributed by atoms with van der Waals surface area (Å²) < 4.78 is 8.07. The van der Waals surface area contributed by atoms with Gasteiger partial charge in [0, 0.05) is 33.1 Å². The Kier molecular flexibility index (Phi) is 4.74. The van der Waals surface area contributed by atoms with Gasteiger partial charge in [0.2, 0.25) is 0 Å². The van der Waals surface area contributed by atoms with Gasteiger partial charge in [0.15, 0.2) is 0 Å². The van der Waals surface area contributed by atoms with Crippen LogP contribution in [0.25, 0.3) is 11.0 Å². The molecule has 0 unspecified atom stereocenters. The second-order valence-corrected chi connectivity index (χ2v) is 6.26. The number of carbonyl (C=O) groups is 1. The first kappa shape index (κ1) is 17.0. The topological polar surface area (TPSA) is 47.4 Å². The number of carbonyl (C=O) groups excluding carboxylic acids is 1. The molecule has 1 aromatic heterocycles. The fraction of sp³-hybridized carbons (Fsp3) is 0.300. The van der Waals surface area contributed by atoms with Gasteiger partial charge in [-0.05, 0) is 17.7 Å². The van der Waals surface area contributed by atoms with Crippen LogP contribution in [-0.2, 0) is 20.1 Å². The number of hydrogen-bond donors (Lipinski definition) is 0. The summed E-state index contributed by atoms with van der Waals surface area (Å²) in [7, 11) is 5.47. The third-order valence-electron chi connectivity index (χ3n) is 4.25. The average Bonchev–Trinajstić information content (AvgIpc) is 2.96. The lowest BCUT2D eigenvalue weighted by Crippen LogP contribution is -2.21. The molecule has 5 nitrogen and oxygen atoms in total. The van der Waals surface area contributed by atoms with Gasteiger partial charge < -0.3 is 14.2 Å². The van der Waals surface area contributed by atoms with E-state index in [1.807, 2.05) is 48.0 Å². The molecule has 1 amide bonds. The maximum absolute atomic E-state index is 12.4. The quantitative estimate of drug-likeness (QED) is 0.717. The number of aryl methyl sites for hydroxylation is 2. The molecule has 0 aliphatic rings. The summed E-state index contributed by atoms with van der Waals surface area (Å²) in [6, 6.07) is 13.7. The Morgan fingerprint density at radius 3 is 2.56 bits per heavy atom. The molecular formula is C20H23N3O2. The number of imidazole rings is 1. The van der Waals surface area contributed by atoms with E-state index in [1.54, 1.807) is 25.1 Å². The molecule has 1 heterocycles. The first-order valence-electron chi connectivity index (χ1n) is 8.39. The third-order valence-corrected chi connectivity index (χ3v) is 4.25. The highest BCUT2D eigenvalue weighted by atomic mass is 16.5. The molecule has 0 atom stereocenters. The van der Waals surface area contributed by atoms with Crippen molar-refractivity contribution in [1.82, 2.24) is 14.5 Å². The number of nitrogens with zero attached hydrogens (tertiary/aromatic N) is 3. The molecule has 2 aromatic carbocycles. The van der Waals surface area contributed by atoms with Gasteiger partial charge in [-0.25, -0.2) is 4.98 Å². The Bertz CT molecular complexity index is 898. The SMILES string of the molecule is CCc1nc2c(OCc3ccccc3)cc(C(=O)N(C)C)cc2n1C. The van der Waals surface area contributed by atoms with Crippen LogP contribution in [0.1, 0.15) is 28.7 Å². The van der Waals surface area contributed by atoms with Crippen LogP contribution in [0.15, 0.2) is 42.5 Å². The number of aromatic nitrogens is 2. The molecule has 5 heteroatoms. The van der Waals surface area contributed by atoms with E-state index in [0.717, 1.165) is 28.8 Å². The van der Waals surface area contributed by atoms with E-state index in [9.17, 15) is 4.79 Å². The predicted molar refractivity (Wildman–Crippen MR) is 98.9 cm³/mol. The van der Waals surface area contributed by atoms with Crippen molar-refractivity contribution in [2.24, 2.45) is 7.05 Å². The van der Waals surface area contributed by atoms with Crippen molar-refractivity contribution in [3.63, 3.8) is 0 Å². The molecule has 0 spiro atoms. The smallest absolute Gasteiger partial charge is 0.253 e. The zero-order chi connectivity index (χ0) is 18.0. The Hall–Kier alpha value is -2.82. The highest BCUT2D eigenvalue weighted by Crippen LogP contribution is 2.29. The largest absolute Gasteiger partial charge is 0.487 e. The first-order chi connectivity index (χ1) is 12.0. The number of benzene rings is 2. The number of hydrogen-bond acceptors (Lipinski definition) is 3. The third kappa shape index (κ3) is 3.36. The molecular weight excluding hydrogens is 314 g/mol. The van der Waals surface area contributed by atoms with Crippen molar-refractivity contribution in [3.8, 4) is 5.75 Å². The first-order valence-corrected chi connectivity index (χ1v) is 8.39. The van der Waals surface area contributed by atoms with Gasteiger partial charge in [-0.2, -0.15) is 0 Å². The van der Waals surface area contributed by atoms with Crippen molar-refractivity contribution in [3.05, 3.63) is 59.4 Å². The lowest BCUT2D eigenvalue weighted by molar-refractivity contribution is 0.0827. The predicted octanol–water partition coefficient (Wildman–Crippen LogP) is 3.42. The van der Waals surface area contributed by atoms with E-state index in [-0.39, 0.29) is 5.91 Å². The van der Waals surface area contributed by atoms with Gasteiger partial charge in [-0.15, -0.1) is 0 Å². The van der Waals surface area contributed by atoms with E-state index in [1.165, 1.54) is 0 Å². The van der Waals surface area contributed by atoms with Gasteiger partial charge in [0.25, 0.3) is 5.91 Å². The summed E-state index contributed by atoms with van der Waals surface area (Å²) in [5, 5.41) is 0. The summed E-state index contributed by atoms with van der Waals surface area (Å²) in [5.74, 6) is 1.56. The van der Waals surface area contributed by atoms with Gasteiger partial charge in [0.05, 0.1) is 5.52 Å². The van der Waals surface area contributed by atoms with Crippen molar-refractivity contribution in [2.45, 2.75) is 20.0 Å². The maximum Gasteiger partial charge on any atom is 0.253 e. The standard InChI is InChI=1S/C20H23N3O2/c1-5-18-21-19-16(23(18)4)11-15(20(24)22(2)3)12-17(19)25-13-14-9-7-6-8-10-14/h6-12H,5,13H2,1-4H3. The van der Waals surface area contributed by atoms with Crippen LogP contribution in [0.3, 0.4) is 0 Å². The number of ether oxygens (including phenoxy) is 1. The van der Waals surface area contributed by atoms with Crippen LogP contribution in [0.5, 0.6) is 5.75 Å². The van der Waals surface area contributed by atoms with E-state index < -0.39 is 0 Å². The Morgan fingerprint density at radius 2 is 1.92 bits per heavy atom. The van der Waals surface area contributed by atoms with Crippen LogP contribution in [0.2, 0.25) is 0 Å². The van der Waals surface area contributed by atoms with E-state index >= 15 is 0 Å². The summed E-state index contributed by atoms with van der Waals surface area (Å²) in [6.07, 6.45) is 0.820. The molecule has 0 saturated heterocycles. The summed E-state index contributed by atoms with van der Waals surface area (Å²) in [6.45, 7) is 2.51. The monoisotopic (exact) mass is 337 g/mol. The van der Waals surface area contributed by atoms with Crippen molar-refractivity contribution >= 4 is 16.9 Å². The zero-order valence-electron chi connectivity index (χ0n) is 15.1. The van der Waals surface area contributed by atoms with E-state index in [2.05, 4.69) is 6.92 Å². The fourth-order valence-corrected chi connectivity index (χ4v) is 2.85. The lowest BCUT2D eigenvalue weighted by atomic mass is 10.1. The minimum Gasteiger partial charge on any atom is -0.487 e. The molecule has 130 valence electrons. The molecule has 0 radical (unpaired) electrons. The van der Waals surface area contributed by atoms with E-state index in [0.29, 0.717) is 17.9 Å². The minimum absolute atomic E-state index is 0.0503. The average molecular weight is 337 g/mol. The zero-order valence-corrected chi connectivity index (χ0v) is 15.1. The number of amides is 1. The second-order valence-electron chi connectivity index (χ2n) is 6.26. The summed E-state index contributed by atoms with van der Waals surface area (Å²) >= 11 is 0. The molecule has 0 aliphatic carbocycles. The van der Waals surface area contributed by atoms with Crippen LogP contribution in [-0.4, -0.2) is 34.5 Å². The highest BCUT2D eigenvalue weighted by molar-refractivity contribution is 5.99. The second kappa shape index (κ2) is 6.97. The molecule has 0 bridgehead atoms. The van der Waals surface area contributed by atoms with Crippen molar-refractivity contribution < 1.29 is 9.53 Å².